The monoisotopic (exact) mass is 378 g/mol. The molecule has 2 aromatic carbocycles. The number of halogens is 1. The van der Waals surface area contributed by atoms with Crippen molar-refractivity contribution in [3.8, 4) is 5.75 Å². The number of fused-ring (bicyclic) bond motifs is 2. The van der Waals surface area contributed by atoms with Gasteiger partial charge in [-0.3, -0.25) is 4.79 Å². The zero-order valence-electron chi connectivity index (χ0n) is 14.5. The Hall–Kier alpha value is -1.66. The van der Waals surface area contributed by atoms with Gasteiger partial charge in [-0.1, -0.05) is 23.7 Å². The molecule has 0 amide bonds. The Morgan fingerprint density at radius 3 is 2.64 bits per heavy atom. The third kappa shape index (κ3) is 3.96. The van der Waals surface area contributed by atoms with Crippen LogP contribution in [0.3, 0.4) is 0 Å². The molecule has 6 heteroatoms. The van der Waals surface area contributed by atoms with E-state index in [4.69, 9.17) is 16.3 Å². The molecule has 0 aliphatic rings. The zero-order valence-corrected chi connectivity index (χ0v) is 16.0. The predicted octanol–water partition coefficient (Wildman–Crippen LogP) is 3.51. The first-order chi connectivity index (χ1) is 11.8. The third-order valence-corrected chi connectivity index (χ3v) is 5.33. The fraction of sp³-hybridized carbons (Fsp3) is 0.316. The van der Waals surface area contributed by atoms with E-state index in [-0.39, 0.29) is 12.0 Å². The molecule has 0 aliphatic carbocycles. The maximum Gasteiger partial charge on any atom is 0.197 e. The van der Waals surface area contributed by atoms with Crippen molar-refractivity contribution in [3.63, 3.8) is 0 Å². The molecule has 25 heavy (non-hydrogen) atoms. The van der Waals surface area contributed by atoms with Crippen molar-refractivity contribution in [2.75, 3.05) is 34.3 Å². The van der Waals surface area contributed by atoms with Crippen molar-refractivity contribution >= 4 is 43.1 Å². The van der Waals surface area contributed by atoms with Gasteiger partial charge in [0.25, 0.3) is 0 Å². The lowest BCUT2D eigenvalue weighted by molar-refractivity contribution is -0.873. The van der Waals surface area contributed by atoms with E-state index in [1.807, 2.05) is 45.4 Å². The highest BCUT2D eigenvalue weighted by Crippen LogP contribution is 2.35. The number of rotatable bonds is 5. The van der Waals surface area contributed by atoms with E-state index in [0.717, 1.165) is 4.70 Å². The number of hydrogen-bond donors (Lipinski definition) is 1. The van der Waals surface area contributed by atoms with Gasteiger partial charge in [0.15, 0.2) is 5.43 Å². The summed E-state index contributed by atoms with van der Waals surface area (Å²) < 4.78 is 8.09. The van der Waals surface area contributed by atoms with Crippen LogP contribution in [0.15, 0.2) is 41.2 Å². The second-order valence-corrected chi connectivity index (χ2v) is 8.57. The lowest BCUT2D eigenvalue weighted by Crippen LogP contribution is -2.43. The minimum atomic E-state index is -0.595. The van der Waals surface area contributed by atoms with Crippen LogP contribution in [0.1, 0.15) is 0 Å². The first-order valence-electron chi connectivity index (χ1n) is 8.01. The SMILES string of the molecule is C[N+](C)(C)CC(O)COc1ccc(Cl)c2c(=O)c3ccccc3sc12. The molecule has 1 N–H and O–H groups in total. The fourth-order valence-electron chi connectivity index (χ4n) is 2.82. The summed E-state index contributed by atoms with van der Waals surface area (Å²) in [6, 6.07) is 10.9. The molecule has 1 heterocycles. The summed E-state index contributed by atoms with van der Waals surface area (Å²) in [6.07, 6.45) is -0.595. The minimum absolute atomic E-state index is 0.0910. The standard InChI is InChI=1S/C19H21ClNO3S/c1-21(2,3)10-12(22)11-24-15-9-8-14(20)17-18(23)13-6-4-5-7-16(13)25-19(15)17/h4-9,12,22H,10-11H2,1-3H3/q+1. The maximum absolute atomic E-state index is 12.8. The van der Waals surface area contributed by atoms with E-state index in [0.29, 0.717) is 37.3 Å². The highest BCUT2D eigenvalue weighted by atomic mass is 35.5. The van der Waals surface area contributed by atoms with Crippen molar-refractivity contribution in [3.05, 3.63) is 51.6 Å². The van der Waals surface area contributed by atoms with Crippen molar-refractivity contribution in [2.45, 2.75) is 6.10 Å². The Balaban J connectivity index is 2.02. The van der Waals surface area contributed by atoms with Crippen LogP contribution in [0.25, 0.3) is 20.2 Å². The Bertz CT molecular complexity index is 978. The molecule has 4 nitrogen and oxygen atoms in total. The third-order valence-electron chi connectivity index (χ3n) is 3.83. The topological polar surface area (TPSA) is 46.5 Å². The minimum Gasteiger partial charge on any atom is -0.489 e. The van der Waals surface area contributed by atoms with Gasteiger partial charge in [0, 0.05) is 10.1 Å². The van der Waals surface area contributed by atoms with Crippen molar-refractivity contribution < 1.29 is 14.3 Å². The van der Waals surface area contributed by atoms with Crippen LogP contribution in [0.5, 0.6) is 5.75 Å². The summed E-state index contributed by atoms with van der Waals surface area (Å²) in [4.78, 5) is 12.8. The normalized spacial score (nSPS) is 13.3. The van der Waals surface area contributed by atoms with Crippen LogP contribution < -0.4 is 10.2 Å². The number of likely N-dealkylation sites (N-methyl/N-ethyl adjacent to an activating group) is 1. The van der Waals surface area contributed by atoms with Gasteiger partial charge in [-0.05, 0) is 24.3 Å². The lowest BCUT2D eigenvalue weighted by atomic mass is 10.2. The van der Waals surface area contributed by atoms with Gasteiger partial charge < -0.3 is 14.3 Å². The van der Waals surface area contributed by atoms with Crippen molar-refractivity contribution in [1.82, 2.24) is 0 Å². The predicted molar refractivity (Wildman–Crippen MR) is 105 cm³/mol. The number of ether oxygens (including phenoxy) is 1. The van der Waals surface area contributed by atoms with Crippen molar-refractivity contribution in [2.24, 2.45) is 0 Å². The second kappa shape index (κ2) is 6.92. The van der Waals surface area contributed by atoms with E-state index in [2.05, 4.69) is 0 Å². The van der Waals surface area contributed by atoms with Gasteiger partial charge in [0.05, 0.1) is 36.3 Å². The molecule has 0 aliphatic heterocycles. The first-order valence-corrected chi connectivity index (χ1v) is 9.21. The van der Waals surface area contributed by atoms with E-state index < -0.39 is 6.10 Å². The average molecular weight is 379 g/mol. The van der Waals surface area contributed by atoms with E-state index in [9.17, 15) is 9.90 Å². The molecule has 132 valence electrons. The molecule has 1 aromatic heterocycles. The molecule has 0 bridgehead atoms. The summed E-state index contributed by atoms with van der Waals surface area (Å²) in [6.45, 7) is 0.741. The number of nitrogens with zero attached hydrogens (tertiary/aromatic N) is 1. The summed E-state index contributed by atoms with van der Waals surface area (Å²) in [5.41, 5.74) is -0.0910. The Labute approximate surface area is 155 Å². The van der Waals surface area contributed by atoms with Crippen LogP contribution in [-0.2, 0) is 0 Å². The molecule has 3 rings (SSSR count). The smallest absolute Gasteiger partial charge is 0.197 e. The highest BCUT2D eigenvalue weighted by molar-refractivity contribution is 7.25. The van der Waals surface area contributed by atoms with Crippen molar-refractivity contribution in [1.29, 1.82) is 0 Å². The van der Waals surface area contributed by atoms with Crippen LogP contribution in [0.2, 0.25) is 5.02 Å². The first kappa shape index (κ1) is 18.1. The second-order valence-electron chi connectivity index (χ2n) is 7.11. The number of aliphatic hydroxyl groups excluding tert-OH is 1. The van der Waals surface area contributed by atoms with Gasteiger partial charge in [0.2, 0.25) is 0 Å². The summed E-state index contributed by atoms with van der Waals surface area (Å²) in [7, 11) is 6.04. The van der Waals surface area contributed by atoms with Crippen LogP contribution >= 0.6 is 22.9 Å². The molecule has 1 atom stereocenters. The number of aliphatic hydroxyl groups is 1. The molecular weight excluding hydrogens is 358 g/mol. The van der Waals surface area contributed by atoms with Crippen LogP contribution in [0, 0.1) is 0 Å². The van der Waals surface area contributed by atoms with Gasteiger partial charge in [-0.2, -0.15) is 0 Å². The fourth-order valence-corrected chi connectivity index (χ4v) is 4.29. The van der Waals surface area contributed by atoms with Crippen LogP contribution in [0.4, 0.5) is 0 Å². The molecule has 0 spiro atoms. The molecule has 1 unspecified atom stereocenters. The molecule has 0 saturated heterocycles. The maximum atomic E-state index is 12.8. The van der Waals surface area contributed by atoms with E-state index in [1.165, 1.54) is 11.3 Å². The summed E-state index contributed by atoms with van der Waals surface area (Å²) >= 11 is 7.76. The van der Waals surface area contributed by atoms with E-state index >= 15 is 0 Å². The molecular formula is C19H21ClNO3S+. The Morgan fingerprint density at radius 1 is 1.20 bits per heavy atom. The molecule has 3 aromatic rings. The van der Waals surface area contributed by atoms with Gasteiger partial charge in [-0.15, -0.1) is 11.3 Å². The summed E-state index contributed by atoms with van der Waals surface area (Å²) in [5.74, 6) is 0.577. The average Bonchev–Trinajstić information content (AvgIpc) is 2.52. The number of quaternary nitrogens is 1. The number of hydrogen-bond acceptors (Lipinski definition) is 4. The van der Waals surface area contributed by atoms with Gasteiger partial charge in [-0.25, -0.2) is 0 Å². The lowest BCUT2D eigenvalue weighted by Gasteiger charge is -2.26. The Kier molecular flexibility index (Phi) is 5.02. The zero-order chi connectivity index (χ0) is 18.2. The Morgan fingerprint density at radius 2 is 1.92 bits per heavy atom. The van der Waals surface area contributed by atoms with Crippen LogP contribution in [-0.4, -0.2) is 50.0 Å². The molecule has 0 fully saturated rings. The molecule has 0 radical (unpaired) electrons. The molecule has 0 saturated carbocycles. The largest absolute Gasteiger partial charge is 0.489 e. The summed E-state index contributed by atoms with van der Waals surface area (Å²) in [5, 5.41) is 11.7. The van der Waals surface area contributed by atoms with Gasteiger partial charge >= 0.3 is 0 Å². The quantitative estimate of drug-likeness (QED) is 0.546. The van der Waals surface area contributed by atoms with Gasteiger partial charge in [0.1, 0.15) is 25.0 Å². The van der Waals surface area contributed by atoms with E-state index in [1.54, 1.807) is 12.1 Å². The highest BCUT2D eigenvalue weighted by Gasteiger charge is 2.18. The number of benzene rings is 2.